The fourth-order valence-electron chi connectivity index (χ4n) is 3.12. The number of rotatable bonds is 10. The summed E-state index contributed by atoms with van der Waals surface area (Å²) < 4.78 is 10.9. The van der Waals surface area contributed by atoms with Gasteiger partial charge in [-0.25, -0.2) is 4.99 Å². The number of para-hydroxylation sites is 1. The minimum Gasteiger partial charge on any atom is -0.489 e. The molecule has 1 heterocycles. The van der Waals surface area contributed by atoms with Crippen LogP contribution in [-0.2, 0) is 11.3 Å². The van der Waals surface area contributed by atoms with Crippen LogP contribution in [0.25, 0.3) is 0 Å². The minimum atomic E-state index is 0.453. The molecule has 1 aliphatic heterocycles. The Bertz CT molecular complexity index is 583. The number of hydrogen-bond acceptors (Lipinski definition) is 4. The number of likely N-dealkylation sites (tertiary alicyclic amines) is 1. The number of hydrogen-bond donors (Lipinski definition) is 2. The van der Waals surface area contributed by atoms with Crippen LogP contribution in [0.5, 0.6) is 5.75 Å². The van der Waals surface area contributed by atoms with Gasteiger partial charge in [0.2, 0.25) is 0 Å². The van der Waals surface area contributed by atoms with Crippen molar-refractivity contribution in [3.8, 4) is 5.75 Å². The maximum absolute atomic E-state index is 5.73. The lowest BCUT2D eigenvalue weighted by Crippen LogP contribution is -2.49. The van der Waals surface area contributed by atoms with Crippen LogP contribution >= 0.6 is 0 Å². The molecule has 1 fully saturated rings. The van der Waals surface area contributed by atoms with E-state index in [2.05, 4.69) is 35.1 Å². The van der Waals surface area contributed by atoms with E-state index in [9.17, 15) is 0 Å². The average Bonchev–Trinajstić information content (AvgIpc) is 2.70. The van der Waals surface area contributed by atoms with Crippen molar-refractivity contribution in [1.29, 1.82) is 0 Å². The molecule has 1 saturated heterocycles. The van der Waals surface area contributed by atoms with Gasteiger partial charge in [0.15, 0.2) is 5.96 Å². The maximum atomic E-state index is 5.73. The van der Waals surface area contributed by atoms with Crippen molar-refractivity contribution in [3.63, 3.8) is 0 Å². The van der Waals surface area contributed by atoms with Crippen molar-refractivity contribution < 1.29 is 9.47 Å². The minimum absolute atomic E-state index is 0.453. The molecule has 0 aromatic heterocycles. The highest BCUT2D eigenvalue weighted by Gasteiger charge is 2.19. The summed E-state index contributed by atoms with van der Waals surface area (Å²) in [7, 11) is 1.76. The van der Waals surface area contributed by atoms with Gasteiger partial charge in [-0.15, -0.1) is 0 Å². The van der Waals surface area contributed by atoms with Gasteiger partial charge in [-0.2, -0.15) is 0 Å². The number of benzene rings is 1. The molecule has 6 nitrogen and oxygen atoms in total. The van der Waals surface area contributed by atoms with Crippen LogP contribution < -0.4 is 15.4 Å². The summed E-state index contributed by atoms with van der Waals surface area (Å²) in [6.07, 6.45) is 3.99. The molecule has 6 heteroatoms. The van der Waals surface area contributed by atoms with Crippen LogP contribution in [0.4, 0.5) is 0 Å². The fraction of sp³-hybridized carbons (Fsp3) is 0.571. The van der Waals surface area contributed by atoms with E-state index in [0.29, 0.717) is 19.2 Å². The molecule has 0 saturated carbocycles. The first-order valence-electron chi connectivity index (χ1n) is 9.84. The van der Waals surface area contributed by atoms with Gasteiger partial charge in [0.05, 0.1) is 13.2 Å². The second-order valence-electron chi connectivity index (χ2n) is 6.66. The normalized spacial score (nSPS) is 16.1. The molecule has 0 spiro atoms. The van der Waals surface area contributed by atoms with Crippen LogP contribution in [0.1, 0.15) is 25.3 Å². The summed E-state index contributed by atoms with van der Waals surface area (Å²) in [6, 6.07) is 8.48. The largest absolute Gasteiger partial charge is 0.489 e. The Morgan fingerprint density at radius 3 is 2.81 bits per heavy atom. The summed E-state index contributed by atoms with van der Waals surface area (Å²) in [6.45, 7) is 11.7. The first-order chi connectivity index (χ1) is 13.3. The van der Waals surface area contributed by atoms with Crippen molar-refractivity contribution in [2.24, 2.45) is 4.99 Å². The zero-order valence-electron chi connectivity index (χ0n) is 16.7. The summed E-state index contributed by atoms with van der Waals surface area (Å²) >= 11 is 0. The zero-order valence-corrected chi connectivity index (χ0v) is 16.7. The number of ether oxygens (including phenoxy) is 2. The molecule has 0 atom stereocenters. The predicted molar refractivity (Wildman–Crippen MR) is 111 cm³/mol. The number of nitrogens with one attached hydrogen (secondary N) is 2. The molecular formula is C21H34N4O2. The van der Waals surface area contributed by atoms with Crippen LogP contribution in [0, 0.1) is 0 Å². The van der Waals surface area contributed by atoms with Gasteiger partial charge in [-0.3, -0.25) is 0 Å². The second kappa shape index (κ2) is 12.4. The standard InChI is InChI=1S/C21H34N4O2/c1-4-15-27-20-9-7-6-8-18(20)17-23-21(22-5-2)24-19-10-12-25(13-11-19)14-16-26-3/h4,6-9,19H,1,5,10-17H2,2-3H3,(H2,22,23,24). The van der Waals surface area contributed by atoms with Crippen LogP contribution in [0.2, 0.25) is 0 Å². The molecule has 0 aliphatic carbocycles. The van der Waals surface area contributed by atoms with E-state index < -0.39 is 0 Å². The summed E-state index contributed by atoms with van der Waals surface area (Å²) in [4.78, 5) is 7.23. The van der Waals surface area contributed by atoms with Gasteiger partial charge in [0.25, 0.3) is 0 Å². The van der Waals surface area contributed by atoms with E-state index in [0.717, 1.165) is 62.9 Å². The first kappa shape index (κ1) is 21.3. The molecule has 150 valence electrons. The Morgan fingerprint density at radius 1 is 1.33 bits per heavy atom. The lowest BCUT2D eigenvalue weighted by molar-refractivity contribution is 0.128. The Hall–Kier alpha value is -2.05. The highest BCUT2D eigenvalue weighted by atomic mass is 16.5. The van der Waals surface area contributed by atoms with Gasteiger partial charge in [-0.05, 0) is 25.8 Å². The van der Waals surface area contributed by atoms with Crippen molar-refractivity contribution in [1.82, 2.24) is 15.5 Å². The third-order valence-corrected chi connectivity index (χ3v) is 4.62. The van der Waals surface area contributed by atoms with Gasteiger partial charge >= 0.3 is 0 Å². The summed E-state index contributed by atoms with van der Waals surface area (Å²) in [5.74, 6) is 1.73. The van der Waals surface area contributed by atoms with E-state index in [1.165, 1.54) is 0 Å². The van der Waals surface area contributed by atoms with E-state index in [1.54, 1.807) is 13.2 Å². The molecule has 0 unspecified atom stereocenters. The highest BCUT2D eigenvalue weighted by molar-refractivity contribution is 5.80. The highest BCUT2D eigenvalue weighted by Crippen LogP contribution is 2.19. The maximum Gasteiger partial charge on any atom is 0.191 e. The molecular weight excluding hydrogens is 340 g/mol. The van der Waals surface area contributed by atoms with E-state index >= 15 is 0 Å². The smallest absolute Gasteiger partial charge is 0.191 e. The first-order valence-corrected chi connectivity index (χ1v) is 9.84. The van der Waals surface area contributed by atoms with E-state index in [1.807, 2.05) is 18.2 Å². The topological polar surface area (TPSA) is 58.1 Å². The predicted octanol–water partition coefficient (Wildman–Crippen LogP) is 2.42. The molecule has 1 aliphatic rings. The third-order valence-electron chi connectivity index (χ3n) is 4.62. The summed E-state index contributed by atoms with van der Waals surface area (Å²) in [5.41, 5.74) is 1.07. The quantitative estimate of drug-likeness (QED) is 0.374. The van der Waals surface area contributed by atoms with Crippen molar-refractivity contribution in [2.75, 3.05) is 46.5 Å². The van der Waals surface area contributed by atoms with Crippen LogP contribution in [0.15, 0.2) is 41.9 Å². The Morgan fingerprint density at radius 2 is 2.11 bits per heavy atom. The number of nitrogens with zero attached hydrogens (tertiary/aromatic N) is 2. The third kappa shape index (κ3) is 7.61. The van der Waals surface area contributed by atoms with Crippen LogP contribution in [0.3, 0.4) is 0 Å². The average molecular weight is 375 g/mol. The van der Waals surface area contributed by atoms with E-state index in [-0.39, 0.29) is 0 Å². The molecule has 1 aromatic rings. The number of methoxy groups -OCH3 is 1. The molecule has 0 amide bonds. The Balaban J connectivity index is 1.90. The van der Waals surface area contributed by atoms with Gasteiger partial charge in [-0.1, -0.05) is 30.9 Å². The number of piperidine rings is 1. The van der Waals surface area contributed by atoms with Gasteiger partial charge in [0, 0.05) is 44.9 Å². The molecule has 2 rings (SSSR count). The number of aliphatic imine (C=N–C) groups is 1. The lowest BCUT2D eigenvalue weighted by atomic mass is 10.1. The van der Waals surface area contributed by atoms with Gasteiger partial charge in [0.1, 0.15) is 12.4 Å². The zero-order chi connectivity index (χ0) is 19.3. The monoisotopic (exact) mass is 374 g/mol. The molecule has 1 aromatic carbocycles. The molecule has 27 heavy (non-hydrogen) atoms. The molecule has 0 bridgehead atoms. The Kier molecular flexibility index (Phi) is 9.73. The van der Waals surface area contributed by atoms with E-state index in [4.69, 9.17) is 14.5 Å². The van der Waals surface area contributed by atoms with Gasteiger partial charge < -0.3 is 25.0 Å². The van der Waals surface area contributed by atoms with Crippen molar-refractivity contribution in [2.45, 2.75) is 32.4 Å². The fourth-order valence-corrected chi connectivity index (χ4v) is 3.12. The van der Waals surface area contributed by atoms with Crippen molar-refractivity contribution >= 4 is 5.96 Å². The molecule has 0 radical (unpaired) electrons. The van der Waals surface area contributed by atoms with Crippen molar-refractivity contribution in [3.05, 3.63) is 42.5 Å². The number of guanidine groups is 1. The van der Waals surface area contributed by atoms with Crippen LogP contribution in [-0.4, -0.2) is 63.4 Å². The lowest BCUT2D eigenvalue weighted by Gasteiger charge is -2.32. The molecule has 2 N–H and O–H groups in total. The summed E-state index contributed by atoms with van der Waals surface area (Å²) in [5, 5.41) is 6.95. The second-order valence-corrected chi connectivity index (χ2v) is 6.66. The SMILES string of the molecule is C=CCOc1ccccc1CN=C(NCC)NC1CCN(CCOC)CC1. The Labute approximate surface area is 163 Å².